The van der Waals surface area contributed by atoms with Crippen LogP contribution in [0, 0.1) is 0 Å². The lowest BCUT2D eigenvalue weighted by atomic mass is 10.3. The summed E-state index contributed by atoms with van der Waals surface area (Å²) in [5.41, 5.74) is 0. The minimum atomic E-state index is -3.33. The van der Waals surface area contributed by atoms with Gasteiger partial charge in [0.05, 0.1) is 23.3 Å². The molecule has 0 aromatic rings. The van der Waals surface area contributed by atoms with E-state index in [1.807, 2.05) is 0 Å². The van der Waals surface area contributed by atoms with Crippen molar-refractivity contribution in [1.29, 1.82) is 0 Å². The molecule has 0 heterocycles. The zero-order valence-corrected chi connectivity index (χ0v) is 11.9. The lowest BCUT2D eigenvalue weighted by Crippen LogP contribution is -2.39. The lowest BCUT2D eigenvalue weighted by molar-refractivity contribution is 0.575. The van der Waals surface area contributed by atoms with E-state index in [0.29, 0.717) is 0 Å². The van der Waals surface area contributed by atoms with Crippen LogP contribution < -0.4 is 9.44 Å². The molecule has 0 aliphatic rings. The van der Waals surface area contributed by atoms with E-state index in [4.69, 9.17) is 23.2 Å². The Kier molecular flexibility index (Phi) is 6.52. The van der Waals surface area contributed by atoms with Crippen molar-refractivity contribution in [2.75, 3.05) is 25.6 Å². The van der Waals surface area contributed by atoms with Crippen LogP contribution in [0.5, 0.6) is 0 Å². The minimum absolute atomic E-state index is 0.0556. The number of rotatable bonds is 7. The predicted octanol–water partition coefficient (Wildman–Crippen LogP) is -0.700. The molecule has 0 bridgehead atoms. The van der Waals surface area contributed by atoms with E-state index in [1.54, 1.807) is 0 Å². The molecule has 0 radical (unpaired) electrons. The first kappa shape index (κ1) is 16.4. The standard InChI is InChI=1S/C6H14Cl2N2O4S2/c1-15(11,12)9-3-5(7)6(8)4-10-16(2,13)14/h5-6,9-10H,3-4H2,1-2H3/t5-,6+. The minimum Gasteiger partial charge on any atom is -0.214 e. The fourth-order valence-corrected chi connectivity index (χ4v) is 2.20. The maximum absolute atomic E-state index is 10.8. The maximum Gasteiger partial charge on any atom is 0.208 e. The van der Waals surface area contributed by atoms with Crippen LogP contribution in [0.15, 0.2) is 0 Å². The van der Waals surface area contributed by atoms with Gasteiger partial charge in [-0.3, -0.25) is 0 Å². The number of alkyl halides is 2. The molecular weight excluding hydrogens is 299 g/mol. The highest BCUT2D eigenvalue weighted by molar-refractivity contribution is 7.89. The van der Waals surface area contributed by atoms with Gasteiger partial charge in [0, 0.05) is 13.1 Å². The van der Waals surface area contributed by atoms with Crippen LogP contribution in [0.4, 0.5) is 0 Å². The largest absolute Gasteiger partial charge is 0.214 e. The molecule has 0 fully saturated rings. The van der Waals surface area contributed by atoms with Gasteiger partial charge in [-0.2, -0.15) is 0 Å². The van der Waals surface area contributed by atoms with Crippen LogP contribution >= 0.6 is 23.2 Å². The second-order valence-corrected chi connectivity index (χ2v) is 8.06. The normalized spacial score (nSPS) is 17.0. The summed E-state index contributed by atoms with van der Waals surface area (Å²) < 4.78 is 47.4. The van der Waals surface area contributed by atoms with Gasteiger partial charge in [-0.1, -0.05) is 0 Å². The van der Waals surface area contributed by atoms with Crippen molar-refractivity contribution in [1.82, 2.24) is 9.44 Å². The third kappa shape index (κ3) is 9.61. The monoisotopic (exact) mass is 312 g/mol. The van der Waals surface area contributed by atoms with Crippen LogP contribution in [-0.2, 0) is 20.0 Å². The van der Waals surface area contributed by atoms with Gasteiger partial charge in [-0.05, 0) is 0 Å². The topological polar surface area (TPSA) is 92.3 Å². The molecule has 16 heavy (non-hydrogen) atoms. The molecule has 0 aromatic carbocycles. The van der Waals surface area contributed by atoms with E-state index in [0.717, 1.165) is 12.5 Å². The summed E-state index contributed by atoms with van der Waals surface area (Å²) in [5.74, 6) is 0. The van der Waals surface area contributed by atoms with Gasteiger partial charge in [0.15, 0.2) is 0 Å². The molecule has 0 saturated carbocycles. The molecule has 0 aromatic heterocycles. The van der Waals surface area contributed by atoms with Crippen molar-refractivity contribution in [3.05, 3.63) is 0 Å². The first-order valence-electron chi connectivity index (χ1n) is 4.18. The van der Waals surface area contributed by atoms with Crippen molar-refractivity contribution in [2.24, 2.45) is 0 Å². The predicted molar refractivity (Wildman–Crippen MR) is 65.0 cm³/mol. The number of hydrogen-bond donors (Lipinski definition) is 2. The first-order valence-corrected chi connectivity index (χ1v) is 8.84. The molecule has 0 unspecified atom stereocenters. The lowest BCUT2D eigenvalue weighted by Gasteiger charge is -2.16. The van der Waals surface area contributed by atoms with Crippen molar-refractivity contribution in [3.63, 3.8) is 0 Å². The third-order valence-electron chi connectivity index (χ3n) is 1.47. The van der Waals surface area contributed by atoms with Crippen molar-refractivity contribution in [2.45, 2.75) is 10.8 Å². The van der Waals surface area contributed by atoms with Crippen LogP contribution in [0.25, 0.3) is 0 Å². The van der Waals surface area contributed by atoms with Gasteiger partial charge in [-0.15, -0.1) is 23.2 Å². The molecular formula is C6H14Cl2N2O4S2. The Balaban J connectivity index is 4.05. The third-order valence-corrected chi connectivity index (χ3v) is 3.90. The summed E-state index contributed by atoms with van der Waals surface area (Å²) in [5, 5.41) is -1.41. The van der Waals surface area contributed by atoms with Gasteiger partial charge in [0.2, 0.25) is 20.0 Å². The summed E-state index contributed by atoms with van der Waals surface area (Å²) in [6, 6.07) is 0. The van der Waals surface area contributed by atoms with E-state index in [9.17, 15) is 16.8 Å². The van der Waals surface area contributed by atoms with Crippen molar-refractivity contribution < 1.29 is 16.8 Å². The Morgan fingerprint density at radius 2 is 1.12 bits per heavy atom. The smallest absolute Gasteiger partial charge is 0.208 e. The van der Waals surface area contributed by atoms with Gasteiger partial charge in [-0.25, -0.2) is 26.3 Å². The second kappa shape index (κ2) is 6.36. The van der Waals surface area contributed by atoms with Crippen molar-refractivity contribution in [3.8, 4) is 0 Å². The zero-order valence-electron chi connectivity index (χ0n) is 8.77. The molecule has 0 saturated heterocycles. The van der Waals surface area contributed by atoms with Crippen LogP contribution in [0.3, 0.4) is 0 Å². The molecule has 98 valence electrons. The summed E-state index contributed by atoms with van der Waals surface area (Å²) in [6.07, 6.45) is 1.99. The Morgan fingerprint density at radius 1 is 0.875 bits per heavy atom. The molecule has 10 heteroatoms. The summed E-state index contributed by atoms with van der Waals surface area (Å²) in [4.78, 5) is 0. The molecule has 0 rings (SSSR count). The van der Waals surface area contributed by atoms with Crippen LogP contribution in [0.2, 0.25) is 0 Å². The fraction of sp³-hybridized carbons (Fsp3) is 1.00. The summed E-state index contributed by atoms with van der Waals surface area (Å²) in [6.45, 7) is -0.111. The van der Waals surface area contributed by atoms with Crippen molar-refractivity contribution >= 4 is 43.2 Å². The van der Waals surface area contributed by atoms with E-state index in [2.05, 4.69) is 9.44 Å². The molecule has 0 spiro atoms. The number of nitrogens with one attached hydrogen (secondary N) is 2. The average Bonchev–Trinajstić information content (AvgIpc) is 2.07. The van der Waals surface area contributed by atoms with Crippen LogP contribution in [-0.4, -0.2) is 53.2 Å². The van der Waals surface area contributed by atoms with E-state index >= 15 is 0 Å². The van der Waals surface area contributed by atoms with Gasteiger partial charge in [0.1, 0.15) is 0 Å². The number of sulfonamides is 2. The summed E-state index contributed by atoms with van der Waals surface area (Å²) >= 11 is 11.5. The second-order valence-electron chi connectivity index (χ2n) is 3.27. The Labute approximate surface area is 106 Å². The maximum atomic E-state index is 10.8. The quantitative estimate of drug-likeness (QED) is 0.608. The fourth-order valence-electron chi connectivity index (χ4n) is 0.718. The highest BCUT2D eigenvalue weighted by Gasteiger charge is 2.19. The van der Waals surface area contributed by atoms with Gasteiger partial charge >= 0.3 is 0 Å². The van der Waals surface area contributed by atoms with E-state index < -0.39 is 30.8 Å². The molecule has 0 aliphatic carbocycles. The molecule has 2 atom stereocenters. The Bertz CT molecular complexity index is 368. The van der Waals surface area contributed by atoms with Gasteiger partial charge in [0.25, 0.3) is 0 Å². The highest BCUT2D eigenvalue weighted by Crippen LogP contribution is 2.08. The molecule has 0 aliphatic heterocycles. The Morgan fingerprint density at radius 3 is 1.31 bits per heavy atom. The summed E-state index contributed by atoms with van der Waals surface area (Å²) in [7, 11) is -6.66. The first-order chi connectivity index (χ1) is 7.01. The Hall–Kier alpha value is 0.400. The highest BCUT2D eigenvalue weighted by atomic mass is 35.5. The van der Waals surface area contributed by atoms with E-state index in [-0.39, 0.29) is 13.1 Å². The molecule has 2 N–H and O–H groups in total. The van der Waals surface area contributed by atoms with Crippen LogP contribution in [0.1, 0.15) is 0 Å². The number of halogens is 2. The number of hydrogen-bond acceptors (Lipinski definition) is 4. The SMILES string of the molecule is CS(=O)(=O)NC[C@@H](Cl)[C@@H](Cl)CNS(C)(=O)=O. The molecule has 0 amide bonds. The molecule has 6 nitrogen and oxygen atoms in total. The zero-order chi connectivity index (χ0) is 13.0. The van der Waals surface area contributed by atoms with E-state index in [1.165, 1.54) is 0 Å². The average molecular weight is 313 g/mol. The van der Waals surface area contributed by atoms with Gasteiger partial charge < -0.3 is 0 Å².